The molecule has 0 aliphatic rings. The first-order valence-electron chi connectivity index (χ1n) is 6.87. The number of benzene rings is 1. The topological polar surface area (TPSA) is 39.9 Å². The first-order chi connectivity index (χ1) is 10.3. The van der Waals surface area contributed by atoms with Gasteiger partial charge >= 0.3 is 0 Å². The summed E-state index contributed by atoms with van der Waals surface area (Å²) in [5, 5.41) is 0. The van der Waals surface area contributed by atoms with Gasteiger partial charge in [0, 0.05) is 32.0 Å². The fourth-order valence-electron chi connectivity index (χ4n) is 2.36. The second kappa shape index (κ2) is 6.01. The summed E-state index contributed by atoms with van der Waals surface area (Å²) in [6.07, 6.45) is 3.39. The molecular formula is C16H16FN3O. The van der Waals surface area contributed by atoms with Crippen molar-refractivity contribution in [2.24, 2.45) is 0 Å². The highest BCUT2D eigenvalue weighted by Crippen LogP contribution is 2.21. The summed E-state index contributed by atoms with van der Waals surface area (Å²) in [7, 11) is 1.69. The Hall–Kier alpha value is -2.27. The zero-order chi connectivity index (χ0) is 14.7. The number of halogens is 1. The zero-order valence-corrected chi connectivity index (χ0v) is 11.8. The largest absolute Gasteiger partial charge is 0.385 e. The van der Waals surface area contributed by atoms with Crippen molar-refractivity contribution in [1.82, 2.24) is 14.5 Å². The van der Waals surface area contributed by atoms with E-state index in [0.717, 1.165) is 35.5 Å². The molecule has 0 fully saturated rings. The molecule has 3 aromatic rings. The van der Waals surface area contributed by atoms with Crippen molar-refractivity contribution in [2.45, 2.75) is 12.8 Å². The first kappa shape index (κ1) is 13.7. The molecule has 0 bridgehead atoms. The first-order valence-corrected chi connectivity index (χ1v) is 6.87. The highest BCUT2D eigenvalue weighted by molar-refractivity contribution is 5.73. The minimum absolute atomic E-state index is 0.253. The lowest BCUT2D eigenvalue weighted by atomic mass is 10.2. The van der Waals surface area contributed by atoms with Gasteiger partial charge in [0.1, 0.15) is 17.2 Å². The number of ether oxygens (including phenoxy) is 1. The maximum atomic E-state index is 13.1. The van der Waals surface area contributed by atoms with Crippen LogP contribution in [0.25, 0.3) is 16.9 Å². The maximum absolute atomic E-state index is 13.1. The molecule has 108 valence electrons. The molecule has 0 amide bonds. The fourth-order valence-corrected chi connectivity index (χ4v) is 2.36. The Balaban J connectivity index is 2.08. The quantitative estimate of drug-likeness (QED) is 0.676. The van der Waals surface area contributed by atoms with E-state index in [1.54, 1.807) is 25.4 Å². The van der Waals surface area contributed by atoms with E-state index in [2.05, 4.69) is 9.97 Å². The summed E-state index contributed by atoms with van der Waals surface area (Å²) < 4.78 is 20.2. The van der Waals surface area contributed by atoms with Crippen LogP contribution in [-0.2, 0) is 11.2 Å². The number of fused-ring (bicyclic) bond motifs is 1. The Labute approximate surface area is 122 Å². The smallest absolute Gasteiger partial charge is 0.164 e. The van der Waals surface area contributed by atoms with Crippen molar-refractivity contribution < 1.29 is 9.13 Å². The van der Waals surface area contributed by atoms with E-state index in [-0.39, 0.29) is 5.82 Å². The van der Waals surface area contributed by atoms with Crippen LogP contribution < -0.4 is 0 Å². The van der Waals surface area contributed by atoms with E-state index >= 15 is 0 Å². The van der Waals surface area contributed by atoms with Crippen LogP contribution in [0.1, 0.15) is 12.2 Å². The number of imidazole rings is 1. The second-order valence-corrected chi connectivity index (χ2v) is 4.78. The molecule has 0 aliphatic carbocycles. The number of methoxy groups -OCH3 is 1. The van der Waals surface area contributed by atoms with Gasteiger partial charge in [-0.1, -0.05) is 0 Å². The minimum atomic E-state index is -0.253. The lowest BCUT2D eigenvalue weighted by Gasteiger charge is -2.08. The predicted octanol–water partition coefficient (Wildman–Crippen LogP) is 3.14. The van der Waals surface area contributed by atoms with E-state index in [1.807, 2.05) is 16.7 Å². The van der Waals surface area contributed by atoms with E-state index in [0.29, 0.717) is 6.61 Å². The normalized spacial score (nSPS) is 11.1. The third kappa shape index (κ3) is 2.78. The van der Waals surface area contributed by atoms with Gasteiger partial charge in [0.2, 0.25) is 0 Å². The maximum Gasteiger partial charge on any atom is 0.164 e. The molecule has 0 N–H and O–H groups in total. The van der Waals surface area contributed by atoms with Crippen LogP contribution in [0.3, 0.4) is 0 Å². The second-order valence-electron chi connectivity index (χ2n) is 4.78. The van der Waals surface area contributed by atoms with Crippen LogP contribution in [-0.4, -0.2) is 28.3 Å². The molecule has 0 atom stereocenters. The average Bonchev–Trinajstić information content (AvgIpc) is 2.87. The summed E-state index contributed by atoms with van der Waals surface area (Å²) >= 11 is 0. The summed E-state index contributed by atoms with van der Waals surface area (Å²) in [5.41, 5.74) is 2.50. The molecule has 1 aromatic carbocycles. The van der Waals surface area contributed by atoms with Crippen molar-refractivity contribution >= 4 is 11.2 Å². The number of aryl methyl sites for hydroxylation is 1. The van der Waals surface area contributed by atoms with Crippen molar-refractivity contribution in [1.29, 1.82) is 0 Å². The van der Waals surface area contributed by atoms with Crippen molar-refractivity contribution in [3.05, 3.63) is 54.2 Å². The monoisotopic (exact) mass is 285 g/mol. The van der Waals surface area contributed by atoms with Crippen LogP contribution in [0, 0.1) is 5.82 Å². The lowest BCUT2D eigenvalue weighted by Crippen LogP contribution is -2.04. The molecule has 2 aromatic heterocycles. The number of aromatic nitrogens is 3. The Bertz CT molecular complexity index is 737. The molecule has 5 heteroatoms. The molecular weight excluding hydrogens is 269 g/mol. The summed E-state index contributed by atoms with van der Waals surface area (Å²) in [6.45, 7) is 0.681. The lowest BCUT2D eigenvalue weighted by molar-refractivity contribution is 0.194. The number of nitrogens with zero attached hydrogens (tertiary/aromatic N) is 3. The van der Waals surface area contributed by atoms with E-state index < -0.39 is 0 Å². The molecule has 0 saturated heterocycles. The van der Waals surface area contributed by atoms with Gasteiger partial charge in [0.05, 0.1) is 0 Å². The molecule has 0 spiro atoms. The third-order valence-electron chi connectivity index (χ3n) is 3.32. The SMILES string of the molecule is COCCCc1nc2cccnc2n1-c1ccc(F)cc1. The molecule has 4 nitrogen and oxygen atoms in total. The number of pyridine rings is 1. The predicted molar refractivity (Wildman–Crippen MR) is 79.0 cm³/mol. The molecule has 3 rings (SSSR count). The van der Waals surface area contributed by atoms with Gasteiger partial charge in [-0.25, -0.2) is 14.4 Å². The summed E-state index contributed by atoms with van der Waals surface area (Å²) in [4.78, 5) is 9.04. The van der Waals surface area contributed by atoms with Gasteiger partial charge in [0.15, 0.2) is 5.65 Å². The van der Waals surface area contributed by atoms with Crippen LogP contribution in [0.15, 0.2) is 42.6 Å². The Kier molecular flexibility index (Phi) is 3.92. The third-order valence-corrected chi connectivity index (χ3v) is 3.32. The Morgan fingerprint density at radius 1 is 1.19 bits per heavy atom. The number of hydrogen-bond acceptors (Lipinski definition) is 3. The Morgan fingerprint density at radius 3 is 2.76 bits per heavy atom. The van der Waals surface area contributed by atoms with Crippen LogP contribution in [0.4, 0.5) is 4.39 Å². The zero-order valence-electron chi connectivity index (χ0n) is 11.8. The van der Waals surface area contributed by atoms with Crippen LogP contribution in [0.5, 0.6) is 0 Å². The molecule has 0 aliphatic heterocycles. The van der Waals surface area contributed by atoms with Gasteiger partial charge in [-0.05, 0) is 42.8 Å². The molecule has 2 heterocycles. The molecule has 0 unspecified atom stereocenters. The van der Waals surface area contributed by atoms with E-state index in [4.69, 9.17) is 4.74 Å². The van der Waals surface area contributed by atoms with Crippen LogP contribution in [0.2, 0.25) is 0 Å². The van der Waals surface area contributed by atoms with Gasteiger partial charge in [-0.2, -0.15) is 0 Å². The van der Waals surface area contributed by atoms with Crippen molar-refractivity contribution in [3.63, 3.8) is 0 Å². The summed E-state index contributed by atoms with van der Waals surface area (Å²) in [5.74, 6) is 0.657. The highest BCUT2D eigenvalue weighted by Gasteiger charge is 2.13. The molecule has 0 radical (unpaired) electrons. The number of rotatable bonds is 5. The fraction of sp³-hybridized carbons (Fsp3) is 0.250. The standard InChI is InChI=1S/C16H16FN3O/c1-21-11-3-5-15-19-14-4-2-10-18-16(14)20(15)13-8-6-12(17)7-9-13/h2,4,6-10H,3,5,11H2,1H3. The van der Waals surface area contributed by atoms with Crippen LogP contribution >= 0.6 is 0 Å². The van der Waals surface area contributed by atoms with Gasteiger partial charge < -0.3 is 4.74 Å². The minimum Gasteiger partial charge on any atom is -0.385 e. The van der Waals surface area contributed by atoms with Gasteiger partial charge in [0.25, 0.3) is 0 Å². The number of hydrogen-bond donors (Lipinski definition) is 0. The molecule has 0 saturated carbocycles. The van der Waals surface area contributed by atoms with Gasteiger partial charge in [-0.15, -0.1) is 0 Å². The van der Waals surface area contributed by atoms with E-state index in [9.17, 15) is 4.39 Å². The average molecular weight is 285 g/mol. The van der Waals surface area contributed by atoms with Crippen molar-refractivity contribution in [2.75, 3.05) is 13.7 Å². The summed E-state index contributed by atoms with van der Waals surface area (Å²) in [6, 6.07) is 10.2. The van der Waals surface area contributed by atoms with E-state index in [1.165, 1.54) is 12.1 Å². The van der Waals surface area contributed by atoms with Gasteiger partial charge in [-0.3, -0.25) is 4.57 Å². The Morgan fingerprint density at radius 2 is 2.00 bits per heavy atom. The van der Waals surface area contributed by atoms with Crippen molar-refractivity contribution in [3.8, 4) is 5.69 Å². The highest BCUT2D eigenvalue weighted by atomic mass is 19.1. The molecule has 21 heavy (non-hydrogen) atoms.